The first-order valence-corrected chi connectivity index (χ1v) is 22.5. The number of amides is 5. The molecule has 3 aromatic rings. The van der Waals surface area contributed by atoms with Gasteiger partial charge in [0.1, 0.15) is 36.0 Å². The fourth-order valence-corrected chi connectivity index (χ4v) is 7.28. The molecule has 0 aliphatic heterocycles. The van der Waals surface area contributed by atoms with Crippen LogP contribution in [0.25, 0.3) is 10.9 Å². The van der Waals surface area contributed by atoms with Gasteiger partial charge in [-0.15, -0.1) is 0 Å². The molecule has 59 heavy (non-hydrogen) atoms. The van der Waals surface area contributed by atoms with Crippen molar-refractivity contribution in [2.45, 2.75) is 95.0 Å². The first-order chi connectivity index (χ1) is 28.2. The van der Waals surface area contributed by atoms with Crippen LogP contribution in [0.15, 0.2) is 54.7 Å². The van der Waals surface area contributed by atoms with Crippen LogP contribution in [0, 0.1) is 5.92 Å². The van der Waals surface area contributed by atoms with E-state index in [1.165, 1.54) is 35.7 Å². The van der Waals surface area contributed by atoms with Crippen LogP contribution in [-0.4, -0.2) is 118 Å². The minimum absolute atomic E-state index is 0.00177. The second kappa shape index (κ2) is 25.0. The quantitative estimate of drug-likeness (QED) is 0.0518. The van der Waals surface area contributed by atoms with E-state index in [4.69, 9.17) is 11.5 Å². The van der Waals surface area contributed by atoms with E-state index in [1.807, 2.05) is 36.8 Å². The molecule has 5 amide bonds. The van der Waals surface area contributed by atoms with Crippen molar-refractivity contribution in [1.82, 2.24) is 31.6 Å². The van der Waals surface area contributed by atoms with Crippen molar-refractivity contribution in [3.8, 4) is 5.75 Å². The number of nitrogens with two attached hydrogens (primary N) is 2. The molecule has 0 saturated carbocycles. The van der Waals surface area contributed by atoms with Gasteiger partial charge in [-0.2, -0.15) is 23.5 Å². The molecule has 0 bridgehead atoms. The number of para-hydroxylation sites is 1. The summed E-state index contributed by atoms with van der Waals surface area (Å²) >= 11 is 2.88. The monoisotopic (exact) mass is 856 g/mol. The third-order valence-corrected chi connectivity index (χ3v) is 11.0. The number of phenolic OH excluding ortho intramolecular Hbond substituents is 1. The van der Waals surface area contributed by atoms with Crippen LogP contribution in [-0.2, 0) is 41.6 Å². The molecule has 12 N–H and O–H groups in total. The van der Waals surface area contributed by atoms with Crippen molar-refractivity contribution in [1.29, 1.82) is 0 Å². The van der Waals surface area contributed by atoms with Gasteiger partial charge in [0.15, 0.2) is 0 Å². The third kappa shape index (κ3) is 15.7. The van der Waals surface area contributed by atoms with Gasteiger partial charge in [0.25, 0.3) is 0 Å². The van der Waals surface area contributed by atoms with Crippen LogP contribution in [0.1, 0.15) is 57.1 Å². The Labute approximate surface area is 353 Å². The number of aromatic amines is 1. The molecular weight excluding hydrogens is 797 g/mol. The van der Waals surface area contributed by atoms with Crippen LogP contribution in [0.5, 0.6) is 5.75 Å². The van der Waals surface area contributed by atoms with Crippen molar-refractivity contribution in [3.63, 3.8) is 0 Å². The first kappa shape index (κ1) is 48.6. The van der Waals surface area contributed by atoms with E-state index in [0.717, 1.165) is 16.5 Å². The number of unbranched alkanes of at least 4 members (excludes halogenated alkanes) is 1. The maximum atomic E-state index is 14.2. The number of phenols is 1. The van der Waals surface area contributed by atoms with Gasteiger partial charge in [-0.25, -0.2) is 4.79 Å². The standard InChI is InChI=1S/C41H60N8O8S2/c1-24(2)35(40(55)47-33(41(56)57)17-20-59-4)49-38(53)32(16-19-58-3)46-39(54)34(21-25-12-14-27(50)15-13-25)48-37(52)31(11-7-8-18-42)45-36(51)29(43)22-26-23-44-30-10-6-5-9-28(26)30/h5-6,9-10,12-15,23-24,29,31-35,44,50H,7-8,11,16-22,42-43H2,1-4H3,(H,45,51)(H,46,54)(H,47,55)(H,48,52)(H,49,53)(H,56,57)/t29-,31-,32-,33+,34-,35-/m0/s1. The first-order valence-electron chi connectivity index (χ1n) is 19.7. The number of hydrogen-bond donors (Lipinski definition) is 10. The lowest BCUT2D eigenvalue weighted by Crippen LogP contribution is -2.60. The average Bonchev–Trinajstić information content (AvgIpc) is 3.61. The minimum atomic E-state index is -1.25. The largest absolute Gasteiger partial charge is 0.508 e. The summed E-state index contributed by atoms with van der Waals surface area (Å²) < 4.78 is 0. The molecular formula is C41H60N8O8S2. The van der Waals surface area contributed by atoms with Crippen LogP contribution < -0.4 is 38.1 Å². The molecule has 0 fully saturated rings. The molecule has 1 heterocycles. The molecule has 0 aliphatic rings. The van der Waals surface area contributed by atoms with Gasteiger partial charge in [-0.3, -0.25) is 24.0 Å². The zero-order chi connectivity index (χ0) is 43.5. The number of hydrogen-bond acceptors (Lipinski definition) is 11. The van der Waals surface area contributed by atoms with Crippen molar-refractivity contribution < 1.29 is 39.0 Å². The predicted octanol–water partition coefficient (Wildman–Crippen LogP) is 1.79. The van der Waals surface area contributed by atoms with Crippen LogP contribution in [0.4, 0.5) is 0 Å². The van der Waals surface area contributed by atoms with E-state index >= 15 is 0 Å². The Morgan fingerprint density at radius 1 is 0.695 bits per heavy atom. The highest BCUT2D eigenvalue weighted by Gasteiger charge is 2.34. The summed E-state index contributed by atoms with van der Waals surface area (Å²) in [5.74, 6) is -3.91. The number of carboxylic acid groups (broad SMARTS) is 1. The lowest BCUT2D eigenvalue weighted by molar-refractivity contribution is -0.142. The van der Waals surface area contributed by atoms with Crippen molar-refractivity contribution >= 4 is 69.9 Å². The highest BCUT2D eigenvalue weighted by atomic mass is 32.2. The number of carboxylic acids is 1. The predicted molar refractivity (Wildman–Crippen MR) is 233 cm³/mol. The molecule has 6 atom stereocenters. The van der Waals surface area contributed by atoms with Gasteiger partial charge >= 0.3 is 5.97 Å². The maximum Gasteiger partial charge on any atom is 0.326 e. The third-order valence-electron chi connectivity index (χ3n) is 9.76. The average molecular weight is 857 g/mol. The van der Waals surface area contributed by atoms with Crippen molar-refractivity contribution in [2.24, 2.45) is 17.4 Å². The lowest BCUT2D eigenvalue weighted by Gasteiger charge is -2.28. The summed E-state index contributed by atoms with van der Waals surface area (Å²) in [5.41, 5.74) is 14.4. The molecule has 16 nitrogen and oxygen atoms in total. The number of carbonyl (C=O) groups is 6. The normalized spacial score (nSPS) is 14.4. The minimum Gasteiger partial charge on any atom is -0.508 e. The maximum absolute atomic E-state index is 14.2. The van der Waals surface area contributed by atoms with E-state index in [2.05, 4.69) is 31.6 Å². The highest BCUT2D eigenvalue weighted by molar-refractivity contribution is 7.98. The highest BCUT2D eigenvalue weighted by Crippen LogP contribution is 2.19. The number of H-pyrrole nitrogens is 1. The number of rotatable bonds is 26. The Morgan fingerprint density at radius 2 is 1.25 bits per heavy atom. The van der Waals surface area contributed by atoms with E-state index in [1.54, 1.807) is 32.2 Å². The van der Waals surface area contributed by atoms with Gasteiger partial charge in [-0.1, -0.05) is 44.2 Å². The number of nitrogens with one attached hydrogen (secondary N) is 6. The summed E-state index contributed by atoms with van der Waals surface area (Å²) in [5, 5.41) is 34.1. The lowest BCUT2D eigenvalue weighted by atomic mass is 10.0. The summed E-state index contributed by atoms with van der Waals surface area (Å²) in [7, 11) is 0. The van der Waals surface area contributed by atoms with Crippen molar-refractivity contribution in [3.05, 3.63) is 65.9 Å². The van der Waals surface area contributed by atoms with Gasteiger partial charge < -0.3 is 53.2 Å². The fraction of sp³-hybridized carbons (Fsp3) is 0.512. The second-order valence-corrected chi connectivity index (χ2v) is 16.7. The van der Waals surface area contributed by atoms with Gasteiger partial charge in [0.05, 0.1) is 6.04 Å². The molecule has 0 aliphatic carbocycles. The summed E-state index contributed by atoms with van der Waals surface area (Å²) in [6.07, 6.45) is 7.26. The number of benzene rings is 2. The number of carbonyl (C=O) groups excluding carboxylic acids is 5. The van der Waals surface area contributed by atoms with E-state index in [0.29, 0.717) is 36.5 Å². The molecule has 0 unspecified atom stereocenters. The zero-order valence-corrected chi connectivity index (χ0v) is 35.8. The van der Waals surface area contributed by atoms with Crippen LogP contribution in [0.2, 0.25) is 0 Å². The Morgan fingerprint density at radius 3 is 1.88 bits per heavy atom. The topological polar surface area (TPSA) is 271 Å². The number of aliphatic carboxylic acids is 1. The molecule has 3 rings (SSSR count). The molecule has 324 valence electrons. The Balaban J connectivity index is 1.84. The van der Waals surface area contributed by atoms with E-state index in [-0.39, 0.29) is 37.9 Å². The molecule has 0 saturated heterocycles. The van der Waals surface area contributed by atoms with Gasteiger partial charge in [0.2, 0.25) is 29.5 Å². The zero-order valence-electron chi connectivity index (χ0n) is 34.1. The summed E-state index contributed by atoms with van der Waals surface area (Å²) in [4.78, 5) is 83.9. The van der Waals surface area contributed by atoms with Crippen LogP contribution in [0.3, 0.4) is 0 Å². The van der Waals surface area contributed by atoms with Gasteiger partial charge in [0, 0.05) is 23.5 Å². The van der Waals surface area contributed by atoms with E-state index in [9.17, 15) is 39.0 Å². The Hall–Kier alpha value is -4.78. The molecule has 0 radical (unpaired) electrons. The summed E-state index contributed by atoms with van der Waals surface area (Å²) in [6, 6.07) is 6.98. The number of aromatic hydroxyl groups is 1. The molecule has 2 aromatic carbocycles. The summed E-state index contributed by atoms with van der Waals surface area (Å²) in [6.45, 7) is 3.78. The SMILES string of the molecule is CSCC[C@H](NC(=O)[C@H](Cc1ccc(O)cc1)NC(=O)[C@H](CCCCN)NC(=O)[C@@H](N)Cc1c[nH]c2ccccc12)C(=O)N[C@H](C(=O)N[C@H](CCSC)C(=O)O)C(C)C. The van der Waals surface area contributed by atoms with Gasteiger partial charge in [-0.05, 0) is 104 Å². The van der Waals surface area contributed by atoms with E-state index < -0.39 is 77.7 Å². The number of aromatic nitrogens is 1. The molecule has 1 aromatic heterocycles. The number of thioether (sulfide) groups is 2. The molecule has 18 heteroatoms. The Kier molecular flexibility index (Phi) is 20.6. The van der Waals surface area contributed by atoms with Crippen molar-refractivity contribution in [2.75, 3.05) is 30.6 Å². The smallest absolute Gasteiger partial charge is 0.326 e. The fourth-order valence-electron chi connectivity index (χ4n) is 6.34. The number of fused-ring (bicyclic) bond motifs is 1. The second-order valence-electron chi connectivity index (χ2n) is 14.7. The Bertz CT molecular complexity index is 1840. The van der Waals surface area contributed by atoms with Crippen LogP contribution >= 0.6 is 23.5 Å². The molecule has 0 spiro atoms.